The Kier molecular flexibility index (Phi) is 5.09. The molecule has 0 fully saturated rings. The number of hydrogen-bond donors (Lipinski definition) is 2. The van der Waals surface area contributed by atoms with Gasteiger partial charge < -0.3 is 25.0 Å². The van der Waals surface area contributed by atoms with Gasteiger partial charge in [-0.05, 0) is 24.3 Å². The second-order valence-electron chi connectivity index (χ2n) is 6.71. The van der Waals surface area contributed by atoms with E-state index in [1.165, 1.54) is 19.2 Å². The van der Waals surface area contributed by atoms with Crippen LogP contribution in [0.4, 0.5) is 11.5 Å². The van der Waals surface area contributed by atoms with Gasteiger partial charge in [0.05, 0.1) is 26.5 Å². The first-order valence-corrected chi connectivity index (χ1v) is 9.36. The normalized spacial score (nSPS) is 15.6. The van der Waals surface area contributed by atoms with E-state index in [-0.39, 0.29) is 11.7 Å². The Morgan fingerprint density at radius 3 is 2.70 bits per heavy atom. The number of rotatable bonds is 5. The van der Waals surface area contributed by atoms with Crippen LogP contribution in [0.25, 0.3) is 0 Å². The third kappa shape index (κ3) is 3.45. The van der Waals surface area contributed by atoms with Gasteiger partial charge >= 0.3 is 0 Å². The molecule has 30 heavy (non-hydrogen) atoms. The van der Waals surface area contributed by atoms with Crippen LogP contribution in [0, 0.1) is 0 Å². The lowest BCUT2D eigenvalue weighted by Crippen LogP contribution is -2.36. The summed E-state index contributed by atoms with van der Waals surface area (Å²) in [7, 11) is 3.14. The fourth-order valence-corrected chi connectivity index (χ4v) is 3.46. The maximum Gasteiger partial charge on any atom is 0.222 e. The molecule has 0 saturated heterocycles. The fraction of sp³-hybridized carbons (Fsp3) is 0.238. The highest BCUT2D eigenvalue weighted by Crippen LogP contribution is 2.42. The zero-order valence-electron chi connectivity index (χ0n) is 16.9. The van der Waals surface area contributed by atoms with Gasteiger partial charge in [-0.3, -0.25) is 14.6 Å². The number of amides is 1. The SMILES string of the molecule is COc1ccc2c(c1OC)N/C(=C\C(=O)c1ccc(NC(C)=O)nc1)N1CCN=C21. The van der Waals surface area contributed by atoms with Gasteiger partial charge in [-0.25, -0.2) is 4.98 Å². The minimum absolute atomic E-state index is 0.223. The Bertz CT molecular complexity index is 1080. The summed E-state index contributed by atoms with van der Waals surface area (Å²) < 4.78 is 10.9. The average Bonchev–Trinajstić information content (AvgIpc) is 3.23. The monoisotopic (exact) mass is 407 g/mol. The highest BCUT2D eigenvalue weighted by atomic mass is 16.5. The number of aromatic nitrogens is 1. The number of pyridine rings is 1. The van der Waals surface area contributed by atoms with Gasteiger partial charge in [0, 0.05) is 36.9 Å². The van der Waals surface area contributed by atoms with Gasteiger partial charge in [0.1, 0.15) is 17.5 Å². The fourth-order valence-electron chi connectivity index (χ4n) is 3.46. The van der Waals surface area contributed by atoms with Crippen molar-refractivity contribution in [2.24, 2.45) is 4.99 Å². The number of benzene rings is 1. The van der Waals surface area contributed by atoms with Gasteiger partial charge in [-0.2, -0.15) is 0 Å². The Labute approximate surface area is 173 Å². The number of nitrogens with zero attached hydrogens (tertiary/aromatic N) is 3. The molecule has 2 aromatic rings. The summed E-state index contributed by atoms with van der Waals surface area (Å²) in [6, 6.07) is 6.97. The number of nitrogens with one attached hydrogen (secondary N) is 2. The minimum Gasteiger partial charge on any atom is -0.493 e. The highest BCUT2D eigenvalue weighted by Gasteiger charge is 2.32. The molecule has 0 atom stereocenters. The summed E-state index contributed by atoms with van der Waals surface area (Å²) >= 11 is 0. The van der Waals surface area contributed by atoms with E-state index < -0.39 is 0 Å². The summed E-state index contributed by atoms with van der Waals surface area (Å²) in [4.78, 5) is 34.7. The van der Waals surface area contributed by atoms with Gasteiger partial charge in [-0.1, -0.05) is 0 Å². The van der Waals surface area contributed by atoms with Crippen molar-refractivity contribution < 1.29 is 19.1 Å². The van der Waals surface area contributed by atoms with Crippen LogP contribution in [0.3, 0.4) is 0 Å². The number of hydrogen-bond acceptors (Lipinski definition) is 8. The second-order valence-corrected chi connectivity index (χ2v) is 6.71. The second kappa shape index (κ2) is 7.86. The number of amidine groups is 1. The maximum atomic E-state index is 12.9. The molecule has 3 heterocycles. The Hall–Kier alpha value is -3.88. The number of anilines is 2. The number of allylic oxidation sites excluding steroid dienone is 1. The molecule has 154 valence electrons. The summed E-state index contributed by atoms with van der Waals surface area (Å²) in [6.45, 7) is 2.69. The van der Waals surface area contributed by atoms with Crippen LogP contribution in [0.2, 0.25) is 0 Å². The standard InChI is InChI=1S/C21H21N5O4/c1-12(27)24-17-7-4-13(11-23-17)15(28)10-18-25-19-14(21-22-8-9-26(18)21)5-6-16(29-2)20(19)30-3/h4-7,10-11,25H,8-9H2,1-3H3,(H,23,24,27)/b18-10+. The molecule has 2 aliphatic rings. The van der Waals surface area contributed by atoms with Crippen LogP contribution in [-0.4, -0.2) is 54.7 Å². The molecule has 2 aliphatic heterocycles. The van der Waals surface area contributed by atoms with Crippen molar-refractivity contribution in [1.29, 1.82) is 0 Å². The first kappa shape index (κ1) is 19.4. The lowest BCUT2D eigenvalue weighted by Gasteiger charge is -2.32. The van der Waals surface area contributed by atoms with E-state index >= 15 is 0 Å². The number of ketones is 1. The van der Waals surface area contributed by atoms with Gasteiger partial charge in [0.2, 0.25) is 5.91 Å². The predicted octanol–water partition coefficient (Wildman–Crippen LogP) is 2.27. The number of fused-ring (bicyclic) bond motifs is 3. The Morgan fingerprint density at radius 2 is 2.03 bits per heavy atom. The Morgan fingerprint density at radius 1 is 1.20 bits per heavy atom. The molecule has 0 aliphatic carbocycles. The van der Waals surface area contributed by atoms with E-state index in [9.17, 15) is 9.59 Å². The number of ether oxygens (including phenoxy) is 2. The minimum atomic E-state index is -0.226. The molecule has 0 radical (unpaired) electrons. The van der Waals surface area contributed by atoms with E-state index in [4.69, 9.17) is 9.47 Å². The third-order valence-corrected chi connectivity index (χ3v) is 4.79. The van der Waals surface area contributed by atoms with E-state index in [0.717, 1.165) is 11.4 Å². The van der Waals surface area contributed by atoms with Crippen molar-refractivity contribution in [3.05, 3.63) is 53.5 Å². The van der Waals surface area contributed by atoms with E-state index in [1.807, 2.05) is 17.0 Å². The van der Waals surface area contributed by atoms with Gasteiger partial charge in [0.15, 0.2) is 17.3 Å². The molecule has 0 unspecified atom stereocenters. The Balaban J connectivity index is 1.68. The van der Waals surface area contributed by atoms with Crippen molar-refractivity contribution in [2.75, 3.05) is 37.9 Å². The highest BCUT2D eigenvalue weighted by molar-refractivity contribution is 6.11. The van der Waals surface area contributed by atoms with Gasteiger partial charge in [-0.15, -0.1) is 0 Å². The smallest absolute Gasteiger partial charge is 0.222 e. The molecule has 1 amide bonds. The van der Waals surface area contributed by atoms with Crippen molar-refractivity contribution in [3.8, 4) is 11.5 Å². The zero-order valence-corrected chi connectivity index (χ0v) is 16.9. The maximum absolute atomic E-state index is 12.9. The topological polar surface area (TPSA) is 105 Å². The molecule has 9 nitrogen and oxygen atoms in total. The van der Waals surface area contributed by atoms with Crippen LogP contribution < -0.4 is 20.1 Å². The molecule has 2 N–H and O–H groups in total. The quantitative estimate of drug-likeness (QED) is 0.579. The van der Waals surface area contributed by atoms with E-state index in [2.05, 4.69) is 20.6 Å². The number of carbonyl (C=O) groups is 2. The lowest BCUT2D eigenvalue weighted by atomic mass is 10.1. The van der Waals surface area contributed by atoms with Crippen LogP contribution in [0.15, 0.2) is 47.4 Å². The van der Waals surface area contributed by atoms with Gasteiger partial charge in [0.25, 0.3) is 0 Å². The van der Waals surface area contributed by atoms with Crippen LogP contribution >= 0.6 is 0 Å². The molecule has 1 aromatic heterocycles. The van der Waals surface area contributed by atoms with Crippen molar-refractivity contribution in [2.45, 2.75) is 6.92 Å². The number of methoxy groups -OCH3 is 2. The summed E-state index contributed by atoms with van der Waals surface area (Å²) in [5.74, 6) is 2.45. The molecular weight excluding hydrogens is 386 g/mol. The van der Waals surface area contributed by atoms with Crippen molar-refractivity contribution in [3.63, 3.8) is 0 Å². The van der Waals surface area contributed by atoms with Crippen LogP contribution in [0.1, 0.15) is 22.8 Å². The molecule has 0 bridgehead atoms. The predicted molar refractivity (Wildman–Crippen MR) is 112 cm³/mol. The molecule has 4 rings (SSSR count). The third-order valence-electron chi connectivity index (χ3n) is 4.79. The number of carbonyl (C=O) groups excluding carboxylic acids is 2. The summed E-state index contributed by atoms with van der Waals surface area (Å²) in [5.41, 5.74) is 1.99. The van der Waals surface area contributed by atoms with Crippen molar-refractivity contribution in [1.82, 2.24) is 9.88 Å². The summed E-state index contributed by atoms with van der Waals surface area (Å²) in [5, 5.41) is 5.88. The molecular formula is C21H21N5O4. The molecule has 0 spiro atoms. The first-order chi connectivity index (χ1) is 14.5. The van der Waals surface area contributed by atoms with Crippen LogP contribution in [0.5, 0.6) is 11.5 Å². The summed E-state index contributed by atoms with van der Waals surface area (Å²) in [6.07, 6.45) is 2.95. The van der Waals surface area contributed by atoms with Crippen LogP contribution in [-0.2, 0) is 4.79 Å². The van der Waals surface area contributed by atoms with E-state index in [1.54, 1.807) is 26.4 Å². The lowest BCUT2D eigenvalue weighted by molar-refractivity contribution is -0.114. The number of aliphatic imine (C=N–C) groups is 1. The first-order valence-electron chi connectivity index (χ1n) is 9.36. The van der Waals surface area contributed by atoms with E-state index in [0.29, 0.717) is 47.5 Å². The average molecular weight is 407 g/mol. The molecule has 9 heteroatoms. The largest absolute Gasteiger partial charge is 0.493 e. The molecule has 1 aromatic carbocycles. The van der Waals surface area contributed by atoms with Crippen molar-refractivity contribution >= 4 is 29.0 Å². The zero-order chi connectivity index (χ0) is 21.3. The molecule has 0 saturated carbocycles.